The third kappa shape index (κ3) is 3.08. The predicted octanol–water partition coefficient (Wildman–Crippen LogP) is 0.474. The maximum atomic E-state index is 12.4. The van der Waals surface area contributed by atoms with Gasteiger partial charge in [0.25, 0.3) is 0 Å². The van der Waals surface area contributed by atoms with E-state index in [1.807, 2.05) is 18.7 Å². The molecule has 2 rings (SSSR count). The van der Waals surface area contributed by atoms with Gasteiger partial charge in [-0.15, -0.1) is 0 Å². The minimum atomic E-state index is -0.188. The number of hydrogen-bond donors (Lipinski definition) is 1. The third-order valence-corrected chi connectivity index (χ3v) is 4.22. The van der Waals surface area contributed by atoms with E-state index in [0.29, 0.717) is 19.5 Å². The number of carbonyl (C=O) groups excluding carboxylic acids is 2. The molecule has 2 aliphatic rings. The van der Waals surface area contributed by atoms with Crippen molar-refractivity contribution in [3.63, 3.8) is 0 Å². The van der Waals surface area contributed by atoms with Crippen molar-refractivity contribution in [2.45, 2.75) is 39.2 Å². The topological polar surface area (TPSA) is 60.9 Å². The highest BCUT2D eigenvalue weighted by atomic mass is 16.3. The van der Waals surface area contributed by atoms with Crippen molar-refractivity contribution in [2.24, 2.45) is 11.8 Å². The Morgan fingerprint density at radius 3 is 2.74 bits per heavy atom. The molecule has 2 atom stereocenters. The van der Waals surface area contributed by atoms with Gasteiger partial charge in [0.05, 0.1) is 5.92 Å². The first-order chi connectivity index (χ1) is 9.02. The van der Waals surface area contributed by atoms with E-state index in [9.17, 15) is 14.7 Å². The lowest BCUT2D eigenvalue weighted by atomic mass is 9.97. The first kappa shape index (κ1) is 14.3. The van der Waals surface area contributed by atoms with Crippen molar-refractivity contribution >= 4 is 11.8 Å². The Labute approximate surface area is 114 Å². The van der Waals surface area contributed by atoms with E-state index >= 15 is 0 Å². The fourth-order valence-electron chi connectivity index (χ4n) is 3.07. The fraction of sp³-hybridized carbons (Fsp3) is 0.857. The Bertz CT molecular complexity index is 357. The van der Waals surface area contributed by atoms with Gasteiger partial charge in [-0.05, 0) is 32.6 Å². The molecule has 2 aliphatic heterocycles. The van der Waals surface area contributed by atoms with Gasteiger partial charge in [0, 0.05) is 38.7 Å². The van der Waals surface area contributed by atoms with Crippen LogP contribution in [0.15, 0.2) is 0 Å². The summed E-state index contributed by atoms with van der Waals surface area (Å²) >= 11 is 0. The van der Waals surface area contributed by atoms with E-state index in [4.69, 9.17) is 0 Å². The molecule has 0 aromatic heterocycles. The number of piperidine rings is 1. The molecule has 19 heavy (non-hydrogen) atoms. The molecule has 5 nitrogen and oxygen atoms in total. The summed E-state index contributed by atoms with van der Waals surface area (Å²) in [6, 6.07) is 0.164. The van der Waals surface area contributed by atoms with Crippen LogP contribution >= 0.6 is 0 Å². The molecule has 0 aromatic carbocycles. The highest BCUT2D eigenvalue weighted by Crippen LogP contribution is 2.24. The van der Waals surface area contributed by atoms with Gasteiger partial charge in [0.15, 0.2) is 0 Å². The van der Waals surface area contributed by atoms with Gasteiger partial charge in [-0.3, -0.25) is 9.59 Å². The minimum Gasteiger partial charge on any atom is -0.396 e. The van der Waals surface area contributed by atoms with Gasteiger partial charge < -0.3 is 14.9 Å². The number of carbonyl (C=O) groups is 2. The lowest BCUT2D eigenvalue weighted by molar-refractivity contribution is -0.137. The van der Waals surface area contributed by atoms with Gasteiger partial charge >= 0.3 is 0 Å². The van der Waals surface area contributed by atoms with Crippen molar-refractivity contribution in [1.29, 1.82) is 0 Å². The number of hydrogen-bond acceptors (Lipinski definition) is 3. The molecule has 2 saturated heterocycles. The number of rotatable bonds is 3. The third-order valence-electron chi connectivity index (χ3n) is 4.22. The molecule has 0 aromatic rings. The van der Waals surface area contributed by atoms with E-state index in [-0.39, 0.29) is 36.3 Å². The van der Waals surface area contributed by atoms with Gasteiger partial charge in [0.2, 0.25) is 11.8 Å². The number of likely N-dealkylation sites (tertiary alicyclic amines) is 2. The van der Waals surface area contributed by atoms with Crippen LogP contribution in [0.2, 0.25) is 0 Å². The zero-order chi connectivity index (χ0) is 14.0. The molecule has 0 radical (unpaired) electrons. The molecule has 108 valence electrons. The van der Waals surface area contributed by atoms with E-state index in [1.54, 1.807) is 4.90 Å². The standard InChI is InChI=1S/C14H24N2O3/c1-10(2)16-8-12(6-13(16)18)14(19)15-5-3-4-11(7-15)9-17/h10-12,17H,3-9H2,1-2H3. The summed E-state index contributed by atoms with van der Waals surface area (Å²) in [6.07, 6.45) is 2.28. The Balaban J connectivity index is 1.95. The number of amides is 2. The Morgan fingerprint density at radius 2 is 2.16 bits per heavy atom. The fourth-order valence-corrected chi connectivity index (χ4v) is 3.07. The maximum absolute atomic E-state index is 12.4. The SMILES string of the molecule is CC(C)N1CC(C(=O)N2CCCC(CO)C2)CC1=O. The lowest BCUT2D eigenvalue weighted by Gasteiger charge is -2.33. The lowest BCUT2D eigenvalue weighted by Crippen LogP contribution is -2.44. The molecule has 5 heteroatoms. The Kier molecular flexibility index (Phi) is 4.45. The second-order valence-corrected chi connectivity index (χ2v) is 6.02. The van der Waals surface area contributed by atoms with E-state index in [2.05, 4.69) is 0 Å². The summed E-state index contributed by atoms with van der Waals surface area (Å²) in [4.78, 5) is 27.9. The van der Waals surface area contributed by atoms with Crippen LogP contribution in [0.5, 0.6) is 0 Å². The normalized spacial score (nSPS) is 28.3. The van der Waals surface area contributed by atoms with Crippen LogP contribution in [-0.2, 0) is 9.59 Å². The van der Waals surface area contributed by atoms with Crippen molar-refractivity contribution in [2.75, 3.05) is 26.2 Å². The number of nitrogens with zero attached hydrogens (tertiary/aromatic N) is 2. The van der Waals surface area contributed by atoms with E-state index < -0.39 is 0 Å². The van der Waals surface area contributed by atoms with Crippen molar-refractivity contribution < 1.29 is 14.7 Å². The van der Waals surface area contributed by atoms with Crippen LogP contribution < -0.4 is 0 Å². The zero-order valence-corrected chi connectivity index (χ0v) is 11.8. The summed E-state index contributed by atoms with van der Waals surface area (Å²) in [6.45, 7) is 6.06. The number of aliphatic hydroxyl groups excluding tert-OH is 1. The summed E-state index contributed by atoms with van der Waals surface area (Å²) in [7, 11) is 0. The van der Waals surface area contributed by atoms with Gasteiger partial charge in [0.1, 0.15) is 0 Å². The molecule has 0 saturated carbocycles. The molecular formula is C14H24N2O3. The first-order valence-electron chi connectivity index (χ1n) is 7.22. The van der Waals surface area contributed by atoms with Crippen LogP contribution in [0.25, 0.3) is 0 Å². The molecule has 0 spiro atoms. The Hall–Kier alpha value is -1.10. The van der Waals surface area contributed by atoms with Crippen molar-refractivity contribution in [1.82, 2.24) is 9.80 Å². The van der Waals surface area contributed by atoms with Gasteiger partial charge in [-0.1, -0.05) is 0 Å². The highest BCUT2D eigenvalue weighted by Gasteiger charge is 2.38. The molecule has 1 N–H and O–H groups in total. The molecule has 2 unspecified atom stereocenters. The smallest absolute Gasteiger partial charge is 0.228 e. The van der Waals surface area contributed by atoms with Crippen LogP contribution in [0.3, 0.4) is 0 Å². The molecule has 0 bridgehead atoms. The maximum Gasteiger partial charge on any atom is 0.228 e. The summed E-state index contributed by atoms with van der Waals surface area (Å²) in [5.41, 5.74) is 0. The average Bonchev–Trinajstić information content (AvgIpc) is 2.80. The van der Waals surface area contributed by atoms with Crippen molar-refractivity contribution in [3.05, 3.63) is 0 Å². The van der Waals surface area contributed by atoms with Crippen LogP contribution in [-0.4, -0.2) is 59.0 Å². The average molecular weight is 268 g/mol. The van der Waals surface area contributed by atoms with Crippen LogP contribution in [0, 0.1) is 11.8 Å². The van der Waals surface area contributed by atoms with Crippen LogP contribution in [0.1, 0.15) is 33.1 Å². The number of aliphatic hydroxyl groups is 1. The predicted molar refractivity (Wildman–Crippen MR) is 71.3 cm³/mol. The monoisotopic (exact) mass is 268 g/mol. The summed E-state index contributed by atoms with van der Waals surface area (Å²) in [5.74, 6) is 0.196. The molecular weight excluding hydrogens is 244 g/mol. The second kappa shape index (κ2) is 5.90. The molecule has 2 amide bonds. The molecule has 0 aliphatic carbocycles. The zero-order valence-electron chi connectivity index (χ0n) is 11.8. The highest BCUT2D eigenvalue weighted by molar-refractivity contribution is 5.89. The van der Waals surface area contributed by atoms with Gasteiger partial charge in [-0.2, -0.15) is 0 Å². The largest absolute Gasteiger partial charge is 0.396 e. The first-order valence-corrected chi connectivity index (χ1v) is 7.22. The van der Waals surface area contributed by atoms with E-state index in [1.165, 1.54) is 0 Å². The second-order valence-electron chi connectivity index (χ2n) is 6.02. The summed E-state index contributed by atoms with van der Waals surface area (Å²) < 4.78 is 0. The Morgan fingerprint density at radius 1 is 1.42 bits per heavy atom. The van der Waals surface area contributed by atoms with Crippen molar-refractivity contribution in [3.8, 4) is 0 Å². The van der Waals surface area contributed by atoms with Gasteiger partial charge in [-0.25, -0.2) is 0 Å². The minimum absolute atomic E-state index is 0.0871. The molecule has 2 fully saturated rings. The van der Waals surface area contributed by atoms with E-state index in [0.717, 1.165) is 19.4 Å². The molecule has 2 heterocycles. The quantitative estimate of drug-likeness (QED) is 0.809. The van der Waals surface area contributed by atoms with Crippen LogP contribution in [0.4, 0.5) is 0 Å². The summed E-state index contributed by atoms with van der Waals surface area (Å²) in [5, 5.41) is 9.21.